The molecule has 2 N–H and O–H groups in total. The number of pyridine rings is 2. The van der Waals surface area contributed by atoms with Gasteiger partial charge in [-0.25, -0.2) is 0 Å². The Labute approximate surface area is 195 Å². The number of rotatable bonds is 4. The van der Waals surface area contributed by atoms with Crippen molar-refractivity contribution in [1.29, 1.82) is 0 Å². The van der Waals surface area contributed by atoms with Gasteiger partial charge in [0.05, 0.1) is 17.7 Å². The first-order chi connectivity index (χ1) is 16.2. The molecule has 2 aliphatic rings. The molecule has 2 aliphatic carbocycles. The molecular weight excluding hydrogens is 404 g/mol. The molecule has 0 unspecified atom stereocenters. The molecule has 2 aromatic carbocycles. The lowest BCUT2D eigenvalue weighted by atomic mass is 9.92. The van der Waals surface area contributed by atoms with Gasteiger partial charge in [-0.05, 0) is 99.6 Å². The van der Waals surface area contributed by atoms with Crippen molar-refractivity contribution >= 4 is 33.2 Å². The van der Waals surface area contributed by atoms with Crippen molar-refractivity contribution < 1.29 is 0 Å². The lowest BCUT2D eigenvalue weighted by Gasteiger charge is -2.24. The summed E-state index contributed by atoms with van der Waals surface area (Å²) < 4.78 is 0. The molecule has 0 saturated carbocycles. The molecule has 0 atom stereocenters. The Morgan fingerprint density at radius 3 is 1.58 bits per heavy atom. The zero-order valence-corrected chi connectivity index (χ0v) is 19.7. The predicted molar refractivity (Wildman–Crippen MR) is 138 cm³/mol. The summed E-state index contributed by atoms with van der Waals surface area (Å²) in [5.41, 5.74) is 12.7. The van der Waals surface area contributed by atoms with E-state index in [4.69, 9.17) is 9.97 Å². The molecule has 0 fully saturated rings. The van der Waals surface area contributed by atoms with E-state index in [1.807, 2.05) is 0 Å². The van der Waals surface area contributed by atoms with Gasteiger partial charge >= 0.3 is 0 Å². The van der Waals surface area contributed by atoms with E-state index in [-0.39, 0.29) is 0 Å². The van der Waals surface area contributed by atoms with Crippen LogP contribution in [0.5, 0.6) is 0 Å². The molecule has 168 valence electrons. The van der Waals surface area contributed by atoms with Gasteiger partial charge in [0.1, 0.15) is 0 Å². The van der Waals surface area contributed by atoms with E-state index in [0.29, 0.717) is 6.67 Å². The molecule has 6 rings (SSSR count). The highest BCUT2D eigenvalue weighted by molar-refractivity contribution is 5.95. The van der Waals surface area contributed by atoms with Crippen molar-refractivity contribution in [1.82, 2.24) is 9.97 Å². The van der Waals surface area contributed by atoms with Crippen LogP contribution in [0.15, 0.2) is 36.4 Å². The van der Waals surface area contributed by atoms with E-state index in [9.17, 15) is 0 Å². The first kappa shape index (κ1) is 20.5. The summed E-state index contributed by atoms with van der Waals surface area (Å²) in [4.78, 5) is 10.1. The summed E-state index contributed by atoms with van der Waals surface area (Å²) in [5, 5.41) is 10.1. The molecule has 0 amide bonds. The lowest BCUT2D eigenvalue weighted by Crippen LogP contribution is -2.18. The van der Waals surface area contributed by atoms with Crippen LogP contribution in [0.4, 0.5) is 11.4 Å². The number of fused-ring (bicyclic) bond motifs is 4. The SMILES string of the molecule is Cc1ccc2c(NCNc3c4c(nc5cc(C)ccc35)CCCC4)c3c(nc2c1)CCCC3. The lowest BCUT2D eigenvalue weighted by molar-refractivity contribution is 0.671. The number of aromatic nitrogens is 2. The molecular formula is C29H32N4. The van der Waals surface area contributed by atoms with Crippen LogP contribution in [0.1, 0.15) is 59.3 Å². The molecule has 0 bridgehead atoms. The molecule has 4 nitrogen and oxygen atoms in total. The third-order valence-corrected chi connectivity index (χ3v) is 7.37. The van der Waals surface area contributed by atoms with Crippen molar-refractivity contribution in [3.8, 4) is 0 Å². The topological polar surface area (TPSA) is 49.8 Å². The zero-order chi connectivity index (χ0) is 22.4. The van der Waals surface area contributed by atoms with Crippen LogP contribution in [-0.2, 0) is 25.7 Å². The molecule has 33 heavy (non-hydrogen) atoms. The highest BCUT2D eigenvalue weighted by Crippen LogP contribution is 2.36. The monoisotopic (exact) mass is 436 g/mol. The Bertz CT molecular complexity index is 1270. The standard InChI is InChI=1S/C29H32N4/c1-18-11-13-22-26(15-18)32-24-9-5-3-7-20(24)28(22)30-17-31-29-21-8-4-6-10-25(21)33-27-16-19(2)12-14-23(27)29/h11-16H,3-10,17H2,1-2H3,(H,30,32)(H,31,33). The predicted octanol–water partition coefficient (Wildman–Crippen LogP) is 6.64. The van der Waals surface area contributed by atoms with Crippen LogP contribution >= 0.6 is 0 Å². The Morgan fingerprint density at radius 1 is 0.636 bits per heavy atom. The Morgan fingerprint density at radius 2 is 1.09 bits per heavy atom. The minimum atomic E-state index is 0.693. The van der Waals surface area contributed by atoms with E-state index in [1.165, 1.54) is 81.5 Å². The Balaban J connectivity index is 1.37. The maximum atomic E-state index is 5.04. The fourth-order valence-corrected chi connectivity index (χ4v) is 5.70. The van der Waals surface area contributed by atoms with Crippen molar-refractivity contribution in [3.63, 3.8) is 0 Å². The highest BCUT2D eigenvalue weighted by atomic mass is 15.1. The smallest absolute Gasteiger partial charge is 0.0850 e. The quantitative estimate of drug-likeness (QED) is 0.352. The van der Waals surface area contributed by atoms with Gasteiger partial charge in [0.2, 0.25) is 0 Å². The van der Waals surface area contributed by atoms with E-state index in [2.05, 4.69) is 60.9 Å². The summed E-state index contributed by atoms with van der Waals surface area (Å²) in [6, 6.07) is 13.3. The van der Waals surface area contributed by atoms with Gasteiger partial charge in [0.25, 0.3) is 0 Å². The van der Waals surface area contributed by atoms with Gasteiger partial charge in [0.15, 0.2) is 0 Å². The van der Waals surface area contributed by atoms with Crippen LogP contribution in [0.3, 0.4) is 0 Å². The number of nitrogens with zero attached hydrogens (tertiary/aromatic N) is 2. The van der Waals surface area contributed by atoms with Crippen LogP contribution in [-0.4, -0.2) is 16.6 Å². The summed E-state index contributed by atoms with van der Waals surface area (Å²) in [5.74, 6) is 0. The molecule has 4 aromatic rings. The average Bonchev–Trinajstić information content (AvgIpc) is 2.82. The number of hydrogen-bond acceptors (Lipinski definition) is 4. The number of nitrogens with one attached hydrogen (secondary N) is 2. The fraction of sp³-hybridized carbons (Fsp3) is 0.379. The fourth-order valence-electron chi connectivity index (χ4n) is 5.70. The first-order valence-corrected chi connectivity index (χ1v) is 12.5. The van der Waals surface area contributed by atoms with Gasteiger partial charge < -0.3 is 10.6 Å². The number of anilines is 2. The number of aryl methyl sites for hydroxylation is 4. The summed E-state index contributed by atoms with van der Waals surface area (Å²) in [7, 11) is 0. The van der Waals surface area contributed by atoms with Crippen LogP contribution in [0.25, 0.3) is 21.8 Å². The summed E-state index contributed by atoms with van der Waals surface area (Å²) >= 11 is 0. The van der Waals surface area contributed by atoms with Crippen molar-refractivity contribution in [2.75, 3.05) is 17.3 Å². The third kappa shape index (κ3) is 3.72. The minimum absolute atomic E-state index is 0.693. The largest absolute Gasteiger partial charge is 0.367 e. The maximum Gasteiger partial charge on any atom is 0.0850 e. The van der Waals surface area contributed by atoms with E-state index >= 15 is 0 Å². The molecule has 4 heteroatoms. The average molecular weight is 437 g/mol. The Kier molecular flexibility index (Phi) is 5.17. The molecule has 0 aliphatic heterocycles. The van der Waals surface area contributed by atoms with Gasteiger partial charge in [-0.15, -0.1) is 0 Å². The van der Waals surface area contributed by atoms with Gasteiger partial charge in [-0.1, -0.05) is 24.3 Å². The molecule has 2 aromatic heterocycles. The highest BCUT2D eigenvalue weighted by Gasteiger charge is 2.20. The molecule has 0 radical (unpaired) electrons. The van der Waals surface area contributed by atoms with Gasteiger partial charge in [-0.2, -0.15) is 0 Å². The first-order valence-electron chi connectivity index (χ1n) is 12.5. The molecule has 2 heterocycles. The number of benzene rings is 2. The van der Waals surface area contributed by atoms with Crippen molar-refractivity contribution in [2.24, 2.45) is 0 Å². The summed E-state index contributed by atoms with van der Waals surface area (Å²) in [6.45, 7) is 4.99. The van der Waals surface area contributed by atoms with E-state index < -0.39 is 0 Å². The Hall–Kier alpha value is -3.14. The third-order valence-electron chi connectivity index (χ3n) is 7.37. The second-order valence-corrected chi connectivity index (χ2v) is 9.81. The minimum Gasteiger partial charge on any atom is -0.367 e. The van der Waals surface area contributed by atoms with Gasteiger partial charge in [0, 0.05) is 33.5 Å². The van der Waals surface area contributed by atoms with Crippen molar-refractivity contribution in [3.05, 3.63) is 70.0 Å². The summed E-state index contributed by atoms with van der Waals surface area (Å²) in [6.07, 6.45) is 9.37. The van der Waals surface area contributed by atoms with Crippen LogP contribution < -0.4 is 10.6 Å². The van der Waals surface area contributed by atoms with Crippen molar-refractivity contribution in [2.45, 2.75) is 65.2 Å². The molecule has 0 saturated heterocycles. The van der Waals surface area contributed by atoms with E-state index in [0.717, 1.165) is 36.7 Å². The zero-order valence-electron chi connectivity index (χ0n) is 19.7. The molecule has 0 spiro atoms. The van der Waals surface area contributed by atoms with Crippen LogP contribution in [0, 0.1) is 13.8 Å². The van der Waals surface area contributed by atoms with Gasteiger partial charge in [-0.3, -0.25) is 9.97 Å². The second-order valence-electron chi connectivity index (χ2n) is 9.81. The van der Waals surface area contributed by atoms with E-state index in [1.54, 1.807) is 0 Å². The number of hydrogen-bond donors (Lipinski definition) is 2. The maximum absolute atomic E-state index is 5.04. The normalized spacial score (nSPS) is 15.3. The second kappa shape index (κ2) is 8.33. The van der Waals surface area contributed by atoms with Crippen LogP contribution in [0.2, 0.25) is 0 Å².